The summed E-state index contributed by atoms with van der Waals surface area (Å²) in [5, 5.41) is 6.62. The van der Waals surface area contributed by atoms with Crippen LogP contribution in [0.25, 0.3) is 0 Å². The molecule has 3 unspecified atom stereocenters. The van der Waals surface area contributed by atoms with Crippen molar-refractivity contribution in [1.82, 2.24) is 20.6 Å². The predicted octanol–water partition coefficient (Wildman–Crippen LogP) is 1.75. The number of nitrogens with one attached hydrogen (secondary N) is 3. The number of fused-ring (bicyclic) bond motifs is 1. The molecule has 116 valence electrons. The Balaban J connectivity index is 1.61. The third-order valence-corrected chi connectivity index (χ3v) is 5.05. The van der Waals surface area contributed by atoms with Crippen molar-refractivity contribution in [2.24, 2.45) is 11.8 Å². The molecule has 5 nitrogen and oxygen atoms in total. The lowest BCUT2D eigenvalue weighted by atomic mass is 9.77. The van der Waals surface area contributed by atoms with Crippen LogP contribution in [0.3, 0.4) is 0 Å². The van der Waals surface area contributed by atoms with Crippen molar-refractivity contribution >= 4 is 5.91 Å². The molecule has 21 heavy (non-hydrogen) atoms. The van der Waals surface area contributed by atoms with Gasteiger partial charge in [-0.15, -0.1) is 0 Å². The standard InChI is InChI=1S/C16H26N4O/c1-10(2)11-5-3-4-6-12(11)20-16(21)14-7-13-15(8-17-14)19-9-18-13/h9-12,14,17H,3-8H2,1-2H3,(H,18,19)(H,20,21). The molecule has 0 aromatic carbocycles. The normalized spacial score (nSPS) is 29.2. The van der Waals surface area contributed by atoms with Gasteiger partial charge in [0.1, 0.15) is 0 Å². The second kappa shape index (κ2) is 6.18. The molecule has 3 rings (SSSR count). The summed E-state index contributed by atoms with van der Waals surface area (Å²) in [6.07, 6.45) is 7.29. The van der Waals surface area contributed by atoms with Crippen LogP contribution in [0, 0.1) is 11.8 Å². The number of aromatic nitrogens is 2. The fourth-order valence-corrected chi connectivity index (χ4v) is 3.77. The van der Waals surface area contributed by atoms with Crippen molar-refractivity contribution in [3.05, 3.63) is 17.7 Å². The first-order valence-corrected chi connectivity index (χ1v) is 8.20. The molecule has 1 aliphatic heterocycles. The maximum atomic E-state index is 12.6. The molecule has 0 spiro atoms. The number of amides is 1. The van der Waals surface area contributed by atoms with E-state index in [0.29, 0.717) is 30.8 Å². The van der Waals surface area contributed by atoms with Crippen molar-refractivity contribution in [3.8, 4) is 0 Å². The van der Waals surface area contributed by atoms with Crippen LogP contribution >= 0.6 is 0 Å². The van der Waals surface area contributed by atoms with E-state index in [1.165, 1.54) is 19.3 Å². The molecule has 1 aliphatic carbocycles. The van der Waals surface area contributed by atoms with Crippen LogP contribution in [-0.4, -0.2) is 28.0 Å². The maximum Gasteiger partial charge on any atom is 0.237 e. The van der Waals surface area contributed by atoms with E-state index in [1.807, 2.05) is 0 Å². The highest BCUT2D eigenvalue weighted by Gasteiger charge is 2.32. The summed E-state index contributed by atoms with van der Waals surface area (Å²) in [6.45, 7) is 5.24. The van der Waals surface area contributed by atoms with E-state index in [0.717, 1.165) is 17.8 Å². The van der Waals surface area contributed by atoms with Gasteiger partial charge in [-0.25, -0.2) is 4.98 Å². The Kier molecular flexibility index (Phi) is 4.29. The van der Waals surface area contributed by atoms with Crippen LogP contribution in [0.1, 0.15) is 50.9 Å². The van der Waals surface area contributed by atoms with E-state index in [-0.39, 0.29) is 11.9 Å². The number of hydrogen-bond donors (Lipinski definition) is 3. The van der Waals surface area contributed by atoms with Gasteiger partial charge in [-0.3, -0.25) is 10.1 Å². The zero-order valence-corrected chi connectivity index (χ0v) is 13.0. The Morgan fingerprint density at radius 3 is 3.00 bits per heavy atom. The summed E-state index contributed by atoms with van der Waals surface area (Å²) in [5.74, 6) is 1.39. The Bertz CT molecular complexity index is 496. The highest BCUT2D eigenvalue weighted by molar-refractivity contribution is 5.82. The van der Waals surface area contributed by atoms with E-state index in [4.69, 9.17) is 0 Å². The van der Waals surface area contributed by atoms with Gasteiger partial charge >= 0.3 is 0 Å². The van der Waals surface area contributed by atoms with E-state index in [1.54, 1.807) is 6.33 Å². The van der Waals surface area contributed by atoms with Gasteiger partial charge in [0.25, 0.3) is 0 Å². The van der Waals surface area contributed by atoms with Crippen molar-refractivity contribution in [1.29, 1.82) is 0 Å². The van der Waals surface area contributed by atoms with Crippen LogP contribution in [-0.2, 0) is 17.8 Å². The lowest BCUT2D eigenvalue weighted by Gasteiger charge is -2.36. The quantitative estimate of drug-likeness (QED) is 0.794. The molecule has 2 aliphatic rings. The first kappa shape index (κ1) is 14.6. The van der Waals surface area contributed by atoms with Gasteiger partial charge < -0.3 is 10.3 Å². The number of rotatable bonds is 3. The Hall–Kier alpha value is -1.36. The topological polar surface area (TPSA) is 69.8 Å². The first-order valence-electron chi connectivity index (χ1n) is 8.20. The summed E-state index contributed by atoms with van der Waals surface area (Å²) in [7, 11) is 0. The highest BCUT2D eigenvalue weighted by Crippen LogP contribution is 2.30. The molecule has 1 saturated carbocycles. The van der Waals surface area contributed by atoms with E-state index < -0.39 is 0 Å². The van der Waals surface area contributed by atoms with Crippen LogP contribution < -0.4 is 10.6 Å². The van der Waals surface area contributed by atoms with Crippen LogP contribution in [0.5, 0.6) is 0 Å². The molecule has 0 bridgehead atoms. The lowest BCUT2D eigenvalue weighted by molar-refractivity contribution is -0.124. The van der Waals surface area contributed by atoms with Crippen molar-refractivity contribution in [2.45, 2.75) is 64.6 Å². The molecule has 1 aromatic rings. The average molecular weight is 290 g/mol. The summed E-state index contributed by atoms with van der Waals surface area (Å²) in [5.41, 5.74) is 2.13. The molecular formula is C16H26N4O. The number of carbonyl (C=O) groups is 1. The van der Waals surface area contributed by atoms with E-state index >= 15 is 0 Å². The molecule has 1 amide bonds. The molecule has 0 radical (unpaired) electrons. The third kappa shape index (κ3) is 3.12. The minimum absolute atomic E-state index is 0.140. The van der Waals surface area contributed by atoms with E-state index in [2.05, 4.69) is 34.4 Å². The second-order valence-electron chi connectivity index (χ2n) is 6.77. The molecule has 3 atom stereocenters. The Morgan fingerprint density at radius 2 is 2.19 bits per heavy atom. The van der Waals surface area contributed by atoms with Gasteiger partial charge in [0.15, 0.2) is 0 Å². The average Bonchev–Trinajstić information content (AvgIpc) is 2.94. The monoisotopic (exact) mass is 290 g/mol. The summed E-state index contributed by atoms with van der Waals surface area (Å²) in [4.78, 5) is 20.0. The molecule has 0 saturated heterocycles. The summed E-state index contributed by atoms with van der Waals surface area (Å²) >= 11 is 0. The SMILES string of the molecule is CC(C)C1CCCCC1NC(=O)C1Cc2nc[nH]c2CN1. The second-order valence-corrected chi connectivity index (χ2v) is 6.77. The van der Waals surface area contributed by atoms with Crippen LogP contribution in [0.15, 0.2) is 6.33 Å². The van der Waals surface area contributed by atoms with Gasteiger partial charge in [-0.1, -0.05) is 26.7 Å². The third-order valence-electron chi connectivity index (χ3n) is 5.05. The maximum absolute atomic E-state index is 12.6. The number of imidazole rings is 1. The fourth-order valence-electron chi connectivity index (χ4n) is 3.77. The minimum atomic E-state index is -0.143. The predicted molar refractivity (Wildman–Crippen MR) is 81.6 cm³/mol. The van der Waals surface area contributed by atoms with Gasteiger partial charge in [0, 0.05) is 19.0 Å². The number of H-pyrrole nitrogens is 1. The number of aromatic amines is 1. The molecule has 1 aromatic heterocycles. The van der Waals surface area contributed by atoms with E-state index in [9.17, 15) is 4.79 Å². The van der Waals surface area contributed by atoms with Gasteiger partial charge in [-0.05, 0) is 24.7 Å². The van der Waals surface area contributed by atoms with Gasteiger partial charge in [0.2, 0.25) is 5.91 Å². The van der Waals surface area contributed by atoms with Crippen molar-refractivity contribution in [3.63, 3.8) is 0 Å². The molecule has 2 heterocycles. The molecular weight excluding hydrogens is 264 g/mol. The fraction of sp³-hybridized carbons (Fsp3) is 0.750. The first-order chi connectivity index (χ1) is 10.1. The number of hydrogen-bond acceptors (Lipinski definition) is 3. The summed E-state index contributed by atoms with van der Waals surface area (Å²) in [6, 6.07) is 0.198. The van der Waals surface area contributed by atoms with Crippen molar-refractivity contribution in [2.75, 3.05) is 0 Å². The van der Waals surface area contributed by atoms with Gasteiger partial charge in [0.05, 0.1) is 23.8 Å². The van der Waals surface area contributed by atoms with Crippen LogP contribution in [0.4, 0.5) is 0 Å². The molecule has 5 heteroatoms. The largest absolute Gasteiger partial charge is 0.352 e. The number of nitrogens with zero attached hydrogens (tertiary/aromatic N) is 1. The summed E-state index contributed by atoms with van der Waals surface area (Å²) < 4.78 is 0. The number of carbonyl (C=O) groups excluding carboxylic acids is 1. The zero-order chi connectivity index (χ0) is 14.8. The molecule has 3 N–H and O–H groups in total. The zero-order valence-electron chi connectivity index (χ0n) is 13.0. The highest BCUT2D eigenvalue weighted by atomic mass is 16.2. The smallest absolute Gasteiger partial charge is 0.237 e. The van der Waals surface area contributed by atoms with Crippen molar-refractivity contribution < 1.29 is 4.79 Å². The lowest BCUT2D eigenvalue weighted by Crippen LogP contribution is -2.53. The Labute approximate surface area is 126 Å². The van der Waals surface area contributed by atoms with Crippen LogP contribution in [0.2, 0.25) is 0 Å². The van der Waals surface area contributed by atoms with Gasteiger partial charge in [-0.2, -0.15) is 0 Å². The Morgan fingerprint density at radius 1 is 1.38 bits per heavy atom. The minimum Gasteiger partial charge on any atom is -0.352 e. The molecule has 1 fully saturated rings.